The molecule has 1 heterocycles. The summed E-state index contributed by atoms with van der Waals surface area (Å²) in [5, 5.41) is 3.80. The number of hydrogen-bond acceptors (Lipinski definition) is 3. The van der Waals surface area contributed by atoms with Crippen molar-refractivity contribution in [2.45, 2.75) is 13.3 Å². The lowest BCUT2D eigenvalue weighted by atomic mass is 10.1. The average molecular weight is 239 g/mol. The lowest BCUT2D eigenvalue weighted by molar-refractivity contribution is 1.10. The summed E-state index contributed by atoms with van der Waals surface area (Å²) >= 11 is 7.76. The number of halogens is 1. The van der Waals surface area contributed by atoms with Crippen LogP contribution >= 0.6 is 22.9 Å². The van der Waals surface area contributed by atoms with Gasteiger partial charge < -0.3 is 5.73 Å². The largest absolute Gasteiger partial charge is 0.399 e. The third kappa shape index (κ3) is 2.13. The second-order valence-electron chi connectivity index (χ2n) is 3.22. The highest BCUT2D eigenvalue weighted by Crippen LogP contribution is 2.30. The van der Waals surface area contributed by atoms with Gasteiger partial charge in [0.15, 0.2) is 0 Å². The quantitative estimate of drug-likeness (QED) is 0.812. The number of nitrogens with zero attached hydrogens (tertiary/aromatic N) is 1. The molecule has 0 bridgehead atoms. The van der Waals surface area contributed by atoms with Crippen LogP contribution < -0.4 is 5.73 Å². The van der Waals surface area contributed by atoms with E-state index >= 15 is 0 Å². The SMILES string of the molecule is CCc1nc(-c2ccc(N)cc2Cl)cs1. The van der Waals surface area contributed by atoms with Crippen molar-refractivity contribution >= 4 is 28.6 Å². The van der Waals surface area contributed by atoms with Crippen LogP contribution in [0.1, 0.15) is 11.9 Å². The number of thiazole rings is 1. The van der Waals surface area contributed by atoms with Gasteiger partial charge in [-0.15, -0.1) is 11.3 Å². The van der Waals surface area contributed by atoms with E-state index in [-0.39, 0.29) is 0 Å². The van der Waals surface area contributed by atoms with Gasteiger partial charge in [0.25, 0.3) is 0 Å². The molecule has 2 rings (SSSR count). The number of anilines is 1. The fraction of sp³-hybridized carbons (Fsp3) is 0.182. The van der Waals surface area contributed by atoms with E-state index in [0.717, 1.165) is 22.7 Å². The Balaban J connectivity index is 2.44. The second kappa shape index (κ2) is 4.21. The van der Waals surface area contributed by atoms with Crippen molar-refractivity contribution in [2.24, 2.45) is 0 Å². The van der Waals surface area contributed by atoms with E-state index in [9.17, 15) is 0 Å². The number of aromatic nitrogens is 1. The molecule has 15 heavy (non-hydrogen) atoms. The maximum atomic E-state index is 6.10. The molecule has 0 radical (unpaired) electrons. The Morgan fingerprint density at radius 1 is 1.47 bits per heavy atom. The minimum Gasteiger partial charge on any atom is -0.399 e. The summed E-state index contributed by atoms with van der Waals surface area (Å²) in [4.78, 5) is 4.48. The van der Waals surface area contributed by atoms with Crippen LogP contribution in [0.5, 0.6) is 0 Å². The fourth-order valence-electron chi connectivity index (χ4n) is 1.34. The number of benzene rings is 1. The maximum absolute atomic E-state index is 6.10. The fourth-order valence-corrected chi connectivity index (χ4v) is 2.37. The first-order chi connectivity index (χ1) is 7.20. The number of rotatable bonds is 2. The molecule has 0 amide bonds. The molecule has 0 spiro atoms. The summed E-state index contributed by atoms with van der Waals surface area (Å²) in [7, 11) is 0. The van der Waals surface area contributed by atoms with Crippen molar-refractivity contribution in [3.05, 3.63) is 33.6 Å². The Kier molecular flexibility index (Phi) is 2.93. The molecule has 2 nitrogen and oxygen atoms in total. The van der Waals surface area contributed by atoms with Crippen molar-refractivity contribution in [1.29, 1.82) is 0 Å². The number of nitrogens with two attached hydrogens (primary N) is 1. The number of hydrogen-bond donors (Lipinski definition) is 1. The number of nitrogen functional groups attached to an aromatic ring is 1. The van der Waals surface area contributed by atoms with Crippen LogP contribution in [0, 0.1) is 0 Å². The predicted octanol–water partition coefficient (Wildman–Crippen LogP) is 3.61. The van der Waals surface area contributed by atoms with Gasteiger partial charge in [0.2, 0.25) is 0 Å². The standard InChI is InChI=1S/C11H11ClN2S/c1-2-11-14-10(6-15-11)8-4-3-7(13)5-9(8)12/h3-6H,2,13H2,1H3. The zero-order valence-corrected chi connectivity index (χ0v) is 9.90. The highest BCUT2D eigenvalue weighted by molar-refractivity contribution is 7.09. The normalized spacial score (nSPS) is 10.5. The Morgan fingerprint density at radius 3 is 2.87 bits per heavy atom. The molecule has 1 aromatic carbocycles. The summed E-state index contributed by atoms with van der Waals surface area (Å²) in [6.07, 6.45) is 0.956. The molecule has 0 aliphatic heterocycles. The lowest BCUT2D eigenvalue weighted by Gasteiger charge is -2.01. The van der Waals surface area contributed by atoms with Crippen LogP contribution in [0.25, 0.3) is 11.3 Å². The molecule has 0 fully saturated rings. The smallest absolute Gasteiger partial charge is 0.0929 e. The molecule has 1 aromatic heterocycles. The molecule has 0 saturated heterocycles. The first-order valence-electron chi connectivity index (χ1n) is 4.70. The Labute approximate surface area is 97.7 Å². The maximum Gasteiger partial charge on any atom is 0.0929 e. The summed E-state index contributed by atoms with van der Waals surface area (Å²) in [6, 6.07) is 5.50. The first kappa shape index (κ1) is 10.5. The Bertz CT molecular complexity index is 479. The minimum absolute atomic E-state index is 0.656. The van der Waals surface area contributed by atoms with Gasteiger partial charge in [-0.05, 0) is 24.6 Å². The molecule has 0 atom stereocenters. The van der Waals surface area contributed by atoms with Crippen molar-refractivity contribution in [3.63, 3.8) is 0 Å². The number of aryl methyl sites for hydroxylation is 1. The second-order valence-corrected chi connectivity index (χ2v) is 4.57. The van der Waals surface area contributed by atoms with E-state index in [2.05, 4.69) is 11.9 Å². The molecule has 2 aromatic rings. The van der Waals surface area contributed by atoms with E-state index < -0.39 is 0 Å². The van der Waals surface area contributed by atoms with Gasteiger partial charge in [-0.25, -0.2) is 4.98 Å². The summed E-state index contributed by atoms with van der Waals surface area (Å²) < 4.78 is 0. The average Bonchev–Trinajstić information content (AvgIpc) is 2.66. The molecule has 0 aliphatic carbocycles. The van der Waals surface area contributed by atoms with E-state index in [1.54, 1.807) is 17.4 Å². The van der Waals surface area contributed by atoms with Crippen LogP contribution in [0.4, 0.5) is 5.69 Å². The summed E-state index contributed by atoms with van der Waals surface area (Å²) in [5.41, 5.74) is 8.19. The molecule has 0 aliphatic rings. The highest BCUT2D eigenvalue weighted by atomic mass is 35.5. The minimum atomic E-state index is 0.656. The molecular formula is C11H11ClN2S. The van der Waals surface area contributed by atoms with Gasteiger partial charge in [0.05, 0.1) is 15.7 Å². The van der Waals surface area contributed by atoms with Crippen LogP contribution in [0.3, 0.4) is 0 Å². The molecule has 78 valence electrons. The predicted molar refractivity (Wildman–Crippen MR) is 66.4 cm³/mol. The third-order valence-electron chi connectivity index (χ3n) is 2.12. The zero-order valence-electron chi connectivity index (χ0n) is 8.33. The highest BCUT2D eigenvalue weighted by Gasteiger charge is 2.07. The molecule has 2 N–H and O–H groups in total. The first-order valence-corrected chi connectivity index (χ1v) is 5.96. The monoisotopic (exact) mass is 238 g/mol. The van der Waals surface area contributed by atoms with E-state index in [4.69, 9.17) is 17.3 Å². The molecule has 4 heteroatoms. The van der Waals surface area contributed by atoms with Gasteiger partial charge in [0, 0.05) is 16.6 Å². The van der Waals surface area contributed by atoms with Crippen molar-refractivity contribution < 1.29 is 0 Å². The zero-order chi connectivity index (χ0) is 10.8. The third-order valence-corrected chi connectivity index (χ3v) is 3.43. The van der Waals surface area contributed by atoms with Gasteiger partial charge in [-0.3, -0.25) is 0 Å². The summed E-state index contributed by atoms with van der Waals surface area (Å²) in [5.74, 6) is 0. The van der Waals surface area contributed by atoms with E-state index in [1.807, 2.05) is 17.5 Å². The van der Waals surface area contributed by atoms with Crippen LogP contribution in [0.2, 0.25) is 5.02 Å². The summed E-state index contributed by atoms with van der Waals surface area (Å²) in [6.45, 7) is 2.09. The van der Waals surface area contributed by atoms with Gasteiger partial charge in [-0.2, -0.15) is 0 Å². The Morgan fingerprint density at radius 2 is 2.27 bits per heavy atom. The van der Waals surface area contributed by atoms with Gasteiger partial charge >= 0.3 is 0 Å². The molecule has 0 unspecified atom stereocenters. The molecular weight excluding hydrogens is 228 g/mol. The van der Waals surface area contributed by atoms with Crippen molar-refractivity contribution in [3.8, 4) is 11.3 Å². The van der Waals surface area contributed by atoms with Gasteiger partial charge in [0.1, 0.15) is 0 Å². The van der Waals surface area contributed by atoms with Crippen LogP contribution in [-0.2, 0) is 6.42 Å². The Hall–Kier alpha value is -1.06. The lowest BCUT2D eigenvalue weighted by Crippen LogP contribution is -1.86. The van der Waals surface area contributed by atoms with Crippen molar-refractivity contribution in [2.75, 3.05) is 5.73 Å². The van der Waals surface area contributed by atoms with Crippen LogP contribution in [0.15, 0.2) is 23.6 Å². The van der Waals surface area contributed by atoms with E-state index in [1.165, 1.54) is 0 Å². The van der Waals surface area contributed by atoms with Crippen LogP contribution in [-0.4, -0.2) is 4.98 Å². The van der Waals surface area contributed by atoms with Crippen molar-refractivity contribution in [1.82, 2.24) is 4.98 Å². The van der Waals surface area contributed by atoms with Gasteiger partial charge in [-0.1, -0.05) is 18.5 Å². The molecule has 0 saturated carbocycles. The topological polar surface area (TPSA) is 38.9 Å². The van der Waals surface area contributed by atoms with E-state index in [0.29, 0.717) is 10.7 Å².